The molecule has 2 aliphatic heterocycles. The molecule has 0 bridgehead atoms. The Bertz CT molecular complexity index is 942. The van der Waals surface area contributed by atoms with Gasteiger partial charge in [0.15, 0.2) is 5.60 Å². The number of amides is 2. The molecule has 2 amide bonds. The van der Waals surface area contributed by atoms with Gasteiger partial charge in [-0.05, 0) is 36.6 Å². The van der Waals surface area contributed by atoms with Gasteiger partial charge in [-0.3, -0.25) is 15.1 Å². The molecule has 0 radical (unpaired) electrons. The minimum absolute atomic E-state index is 0.104. The first-order valence-corrected chi connectivity index (χ1v) is 9.40. The maximum atomic E-state index is 13.4. The summed E-state index contributed by atoms with van der Waals surface area (Å²) in [6.45, 7) is 0.925. The molecule has 1 N–H and O–H groups in total. The van der Waals surface area contributed by atoms with Crippen LogP contribution in [0.4, 0.5) is 10.5 Å². The molecule has 3 heterocycles. The first-order valence-electron chi connectivity index (χ1n) is 9.02. The Morgan fingerprint density at radius 2 is 1.96 bits per heavy atom. The average Bonchev–Trinajstić information content (AvgIpc) is 3.37. The largest absolute Gasteiger partial charge is 0.436 e. The van der Waals surface area contributed by atoms with Gasteiger partial charge in [0.25, 0.3) is 0 Å². The van der Waals surface area contributed by atoms with Crippen LogP contribution < -0.4 is 5.32 Å². The number of pyridine rings is 1. The second kappa shape index (κ2) is 5.70. The molecular weight excluding hydrogens is 366 g/mol. The van der Waals surface area contributed by atoms with E-state index in [1.807, 2.05) is 35.2 Å². The summed E-state index contributed by atoms with van der Waals surface area (Å²) < 4.78 is 5.71. The lowest BCUT2D eigenvalue weighted by Gasteiger charge is -2.35. The topological polar surface area (TPSA) is 71.5 Å². The highest BCUT2D eigenvalue weighted by Gasteiger charge is 2.57. The van der Waals surface area contributed by atoms with Crippen molar-refractivity contribution in [3.63, 3.8) is 0 Å². The maximum Gasteiger partial charge on any atom is 0.412 e. The molecule has 1 unspecified atom stereocenters. The van der Waals surface area contributed by atoms with Crippen LogP contribution in [0.2, 0.25) is 5.02 Å². The summed E-state index contributed by atoms with van der Waals surface area (Å²) in [5, 5.41) is 3.35. The summed E-state index contributed by atoms with van der Waals surface area (Å²) in [5.74, 6) is 0.104. The van der Waals surface area contributed by atoms with E-state index < -0.39 is 17.1 Å². The Balaban J connectivity index is 1.44. The summed E-state index contributed by atoms with van der Waals surface area (Å²) in [7, 11) is 0. The van der Waals surface area contributed by atoms with Crippen molar-refractivity contribution in [1.82, 2.24) is 9.88 Å². The summed E-state index contributed by atoms with van der Waals surface area (Å²) in [6, 6.07) is 9.38. The summed E-state index contributed by atoms with van der Waals surface area (Å²) in [6.07, 6.45) is 5.06. The fourth-order valence-corrected chi connectivity index (χ4v) is 4.47. The van der Waals surface area contributed by atoms with Crippen LogP contribution in [-0.4, -0.2) is 35.0 Å². The number of benzene rings is 1. The molecule has 1 aliphatic carbocycles. The van der Waals surface area contributed by atoms with E-state index in [1.54, 1.807) is 12.4 Å². The number of nitrogens with one attached hydrogen (secondary N) is 1. The lowest BCUT2D eigenvalue weighted by Crippen LogP contribution is -2.44. The smallest absolute Gasteiger partial charge is 0.412 e. The number of aromatic nitrogens is 1. The van der Waals surface area contributed by atoms with E-state index in [0.29, 0.717) is 30.2 Å². The second-order valence-corrected chi connectivity index (χ2v) is 7.93. The molecule has 2 aromatic rings. The predicted molar refractivity (Wildman–Crippen MR) is 99.6 cm³/mol. The Morgan fingerprint density at radius 1 is 1.19 bits per heavy atom. The molecule has 138 valence electrons. The van der Waals surface area contributed by atoms with Crippen molar-refractivity contribution >= 4 is 29.3 Å². The number of anilines is 1. The van der Waals surface area contributed by atoms with Crippen LogP contribution in [0.15, 0.2) is 42.7 Å². The van der Waals surface area contributed by atoms with Crippen LogP contribution in [0.5, 0.6) is 0 Å². The molecule has 1 spiro atoms. The average molecular weight is 384 g/mol. The van der Waals surface area contributed by atoms with Gasteiger partial charge in [0, 0.05) is 29.7 Å². The van der Waals surface area contributed by atoms with Crippen molar-refractivity contribution in [2.75, 3.05) is 18.4 Å². The van der Waals surface area contributed by atoms with Crippen LogP contribution in [0, 0.1) is 0 Å². The molecule has 27 heavy (non-hydrogen) atoms. The molecule has 6 nitrogen and oxygen atoms in total. The minimum Gasteiger partial charge on any atom is -0.436 e. The quantitative estimate of drug-likeness (QED) is 0.862. The number of fused-ring (bicyclic) bond motifs is 2. The molecule has 1 atom stereocenters. The number of nitrogens with zero attached hydrogens (tertiary/aromatic N) is 2. The number of rotatable bonds is 2. The highest BCUT2D eigenvalue weighted by atomic mass is 35.5. The normalized spacial score (nSPS) is 24.9. The number of ether oxygens (including phenoxy) is 1. The Morgan fingerprint density at radius 3 is 2.70 bits per heavy atom. The number of hydrogen-bond donors (Lipinski definition) is 1. The summed E-state index contributed by atoms with van der Waals surface area (Å²) >= 11 is 5.99. The van der Waals surface area contributed by atoms with Crippen molar-refractivity contribution in [1.29, 1.82) is 0 Å². The number of likely N-dealkylation sites (tertiary alicyclic amines) is 1. The molecule has 3 aliphatic rings. The Kier molecular flexibility index (Phi) is 3.49. The monoisotopic (exact) mass is 383 g/mol. The predicted octanol–water partition coefficient (Wildman–Crippen LogP) is 3.46. The lowest BCUT2D eigenvalue weighted by atomic mass is 9.91. The van der Waals surface area contributed by atoms with E-state index >= 15 is 0 Å². The summed E-state index contributed by atoms with van der Waals surface area (Å²) in [5.41, 5.74) is 1.27. The van der Waals surface area contributed by atoms with Gasteiger partial charge < -0.3 is 9.64 Å². The highest BCUT2D eigenvalue weighted by Crippen LogP contribution is 2.51. The molecule has 1 aromatic heterocycles. The SMILES string of the molecule is O=C1Nc2cnccc2C2(CCN(C(=O)C3(c4ccc(Cl)cc4)CC3)C2)O1. The van der Waals surface area contributed by atoms with Crippen molar-refractivity contribution < 1.29 is 14.3 Å². The summed E-state index contributed by atoms with van der Waals surface area (Å²) in [4.78, 5) is 31.3. The van der Waals surface area contributed by atoms with Gasteiger partial charge in [-0.15, -0.1) is 0 Å². The molecule has 1 aromatic carbocycles. The van der Waals surface area contributed by atoms with Crippen molar-refractivity contribution in [3.8, 4) is 0 Å². The van der Waals surface area contributed by atoms with E-state index in [2.05, 4.69) is 10.3 Å². The zero-order valence-corrected chi connectivity index (χ0v) is 15.3. The fraction of sp³-hybridized carbons (Fsp3) is 0.350. The zero-order chi connectivity index (χ0) is 18.6. The minimum atomic E-state index is -0.799. The molecule has 2 fully saturated rings. The molecule has 7 heteroatoms. The van der Waals surface area contributed by atoms with Crippen molar-refractivity contribution in [3.05, 3.63) is 58.9 Å². The number of halogens is 1. The molecule has 1 saturated carbocycles. The highest BCUT2D eigenvalue weighted by molar-refractivity contribution is 6.30. The number of carbonyl (C=O) groups is 2. The van der Waals surface area contributed by atoms with E-state index in [0.717, 1.165) is 24.0 Å². The van der Waals surface area contributed by atoms with Crippen LogP contribution >= 0.6 is 11.6 Å². The first kappa shape index (κ1) is 16.6. The van der Waals surface area contributed by atoms with E-state index in [1.165, 1.54) is 0 Å². The standard InChI is InChI=1S/C20H18ClN3O3/c21-14-3-1-13(2-4-14)19(6-7-19)17(25)24-10-8-20(12-24)15-5-9-22-11-16(15)23-18(26)27-20/h1-5,9,11H,6-8,10,12H2,(H,23,26). The molecule has 1 saturated heterocycles. The third-order valence-electron chi connectivity index (χ3n) is 5.91. The van der Waals surface area contributed by atoms with Gasteiger partial charge in [0.1, 0.15) is 0 Å². The van der Waals surface area contributed by atoms with Gasteiger partial charge in [-0.1, -0.05) is 23.7 Å². The maximum absolute atomic E-state index is 13.4. The Hall–Kier alpha value is -2.60. The van der Waals surface area contributed by atoms with Crippen LogP contribution in [0.1, 0.15) is 30.4 Å². The van der Waals surface area contributed by atoms with E-state index in [9.17, 15) is 9.59 Å². The first-order chi connectivity index (χ1) is 13.0. The third kappa shape index (κ3) is 2.51. The van der Waals surface area contributed by atoms with E-state index in [-0.39, 0.29) is 5.91 Å². The van der Waals surface area contributed by atoms with Gasteiger partial charge in [-0.2, -0.15) is 0 Å². The third-order valence-corrected chi connectivity index (χ3v) is 6.16. The fourth-order valence-electron chi connectivity index (χ4n) is 4.34. The van der Waals surface area contributed by atoms with Crippen LogP contribution in [0.25, 0.3) is 0 Å². The zero-order valence-electron chi connectivity index (χ0n) is 14.6. The van der Waals surface area contributed by atoms with Crippen LogP contribution in [0.3, 0.4) is 0 Å². The number of hydrogen-bond acceptors (Lipinski definition) is 4. The molecular formula is C20H18ClN3O3. The van der Waals surface area contributed by atoms with Gasteiger partial charge in [-0.25, -0.2) is 4.79 Å². The lowest BCUT2D eigenvalue weighted by molar-refractivity contribution is -0.134. The van der Waals surface area contributed by atoms with E-state index in [4.69, 9.17) is 16.3 Å². The van der Waals surface area contributed by atoms with Gasteiger partial charge in [0.05, 0.1) is 23.8 Å². The van der Waals surface area contributed by atoms with Gasteiger partial charge >= 0.3 is 6.09 Å². The van der Waals surface area contributed by atoms with Gasteiger partial charge in [0.2, 0.25) is 5.91 Å². The molecule has 5 rings (SSSR count). The number of carbonyl (C=O) groups excluding carboxylic acids is 2. The second-order valence-electron chi connectivity index (χ2n) is 7.50. The van der Waals surface area contributed by atoms with Crippen molar-refractivity contribution in [2.45, 2.75) is 30.3 Å². The van der Waals surface area contributed by atoms with Crippen molar-refractivity contribution in [2.24, 2.45) is 0 Å². The Labute approximate surface area is 161 Å². The van der Waals surface area contributed by atoms with Crippen LogP contribution in [-0.2, 0) is 20.5 Å².